The standard InChI is InChI=1S/C14H11Br2ClFN/c15-9-5-4-8(11(17)7-9)6-13(19)14-10(16)2-1-3-12(14)18/h1-5,7,13H,6,19H2. The smallest absolute Gasteiger partial charge is 0.129 e. The first-order valence-electron chi connectivity index (χ1n) is 5.62. The first-order valence-corrected chi connectivity index (χ1v) is 7.59. The molecule has 0 heterocycles. The number of halogens is 4. The van der Waals surface area contributed by atoms with Gasteiger partial charge < -0.3 is 5.73 Å². The minimum Gasteiger partial charge on any atom is -0.324 e. The number of rotatable bonds is 3. The fourth-order valence-corrected chi connectivity index (χ4v) is 3.28. The third-order valence-electron chi connectivity index (χ3n) is 2.83. The van der Waals surface area contributed by atoms with E-state index in [4.69, 9.17) is 17.3 Å². The molecule has 2 aromatic carbocycles. The van der Waals surface area contributed by atoms with Gasteiger partial charge in [-0.15, -0.1) is 0 Å². The van der Waals surface area contributed by atoms with E-state index in [9.17, 15) is 4.39 Å². The third-order valence-corrected chi connectivity index (χ3v) is 4.36. The summed E-state index contributed by atoms with van der Waals surface area (Å²) in [5, 5.41) is 0.622. The average Bonchev–Trinajstić information content (AvgIpc) is 2.32. The molecular weight excluding hydrogens is 396 g/mol. The normalized spacial score (nSPS) is 12.5. The molecule has 19 heavy (non-hydrogen) atoms. The molecule has 1 atom stereocenters. The number of benzene rings is 2. The highest BCUT2D eigenvalue weighted by molar-refractivity contribution is 9.10. The molecule has 0 saturated carbocycles. The van der Waals surface area contributed by atoms with Crippen LogP contribution in [0.2, 0.25) is 5.02 Å². The van der Waals surface area contributed by atoms with Crippen molar-refractivity contribution in [2.75, 3.05) is 0 Å². The fourth-order valence-electron chi connectivity index (χ4n) is 1.89. The van der Waals surface area contributed by atoms with Crippen molar-refractivity contribution < 1.29 is 4.39 Å². The van der Waals surface area contributed by atoms with Gasteiger partial charge in [0.05, 0.1) is 0 Å². The lowest BCUT2D eigenvalue weighted by Gasteiger charge is -2.16. The molecule has 0 spiro atoms. The van der Waals surface area contributed by atoms with E-state index in [0.29, 0.717) is 21.5 Å². The van der Waals surface area contributed by atoms with Crippen LogP contribution in [0.3, 0.4) is 0 Å². The maximum Gasteiger partial charge on any atom is 0.129 e. The van der Waals surface area contributed by atoms with Gasteiger partial charge in [-0.2, -0.15) is 0 Å². The van der Waals surface area contributed by atoms with Crippen LogP contribution in [0.15, 0.2) is 45.3 Å². The van der Waals surface area contributed by atoms with Crippen molar-refractivity contribution in [1.82, 2.24) is 0 Å². The van der Waals surface area contributed by atoms with Crippen molar-refractivity contribution >= 4 is 43.5 Å². The molecule has 0 aliphatic carbocycles. The monoisotopic (exact) mass is 405 g/mol. The van der Waals surface area contributed by atoms with Crippen LogP contribution < -0.4 is 5.73 Å². The van der Waals surface area contributed by atoms with Crippen LogP contribution in [0.5, 0.6) is 0 Å². The van der Waals surface area contributed by atoms with Crippen LogP contribution in [0.1, 0.15) is 17.2 Å². The Morgan fingerprint density at radius 1 is 1.21 bits per heavy atom. The molecule has 2 N–H and O–H groups in total. The molecule has 2 rings (SSSR count). The summed E-state index contributed by atoms with van der Waals surface area (Å²) in [5.41, 5.74) is 7.46. The Bertz CT molecular complexity index is 584. The van der Waals surface area contributed by atoms with E-state index >= 15 is 0 Å². The highest BCUT2D eigenvalue weighted by Gasteiger charge is 2.16. The molecule has 0 fully saturated rings. The quantitative estimate of drug-likeness (QED) is 0.739. The first-order chi connectivity index (χ1) is 8.99. The third kappa shape index (κ3) is 3.57. The van der Waals surface area contributed by atoms with Gasteiger partial charge in [0.2, 0.25) is 0 Å². The number of hydrogen-bond donors (Lipinski definition) is 1. The highest BCUT2D eigenvalue weighted by Crippen LogP contribution is 2.30. The Kier molecular flexibility index (Phi) is 5.01. The van der Waals surface area contributed by atoms with Crippen molar-refractivity contribution in [3.05, 3.63) is 67.3 Å². The van der Waals surface area contributed by atoms with Crippen molar-refractivity contribution in [2.45, 2.75) is 12.5 Å². The largest absolute Gasteiger partial charge is 0.324 e. The molecule has 0 saturated heterocycles. The van der Waals surface area contributed by atoms with Crippen molar-refractivity contribution in [1.29, 1.82) is 0 Å². The van der Waals surface area contributed by atoms with Gasteiger partial charge in [-0.3, -0.25) is 0 Å². The van der Waals surface area contributed by atoms with Crippen LogP contribution in [0.25, 0.3) is 0 Å². The lowest BCUT2D eigenvalue weighted by atomic mass is 9.99. The molecule has 2 aromatic rings. The second-order valence-electron chi connectivity index (χ2n) is 4.18. The number of hydrogen-bond acceptors (Lipinski definition) is 1. The van der Waals surface area contributed by atoms with E-state index in [0.717, 1.165) is 10.0 Å². The molecule has 0 aliphatic rings. The molecule has 0 amide bonds. The fraction of sp³-hybridized carbons (Fsp3) is 0.143. The van der Waals surface area contributed by atoms with Crippen LogP contribution in [0.4, 0.5) is 4.39 Å². The lowest BCUT2D eigenvalue weighted by molar-refractivity contribution is 0.578. The predicted molar refractivity (Wildman–Crippen MR) is 83.9 cm³/mol. The topological polar surface area (TPSA) is 26.0 Å². The second-order valence-corrected chi connectivity index (χ2v) is 6.36. The summed E-state index contributed by atoms with van der Waals surface area (Å²) in [6, 6.07) is 9.97. The Balaban J connectivity index is 2.28. The highest BCUT2D eigenvalue weighted by atomic mass is 79.9. The molecule has 100 valence electrons. The maximum atomic E-state index is 13.8. The van der Waals surface area contributed by atoms with Crippen molar-refractivity contribution in [2.24, 2.45) is 5.73 Å². The summed E-state index contributed by atoms with van der Waals surface area (Å²) >= 11 is 12.8. The second kappa shape index (κ2) is 6.35. The Hall–Kier alpha value is -0.420. The van der Waals surface area contributed by atoms with Crippen LogP contribution in [-0.4, -0.2) is 0 Å². The van der Waals surface area contributed by atoms with Gasteiger partial charge in [0.25, 0.3) is 0 Å². The molecular formula is C14H11Br2ClFN. The van der Waals surface area contributed by atoms with Gasteiger partial charge in [-0.25, -0.2) is 4.39 Å². The van der Waals surface area contributed by atoms with E-state index in [1.54, 1.807) is 18.2 Å². The van der Waals surface area contributed by atoms with E-state index in [1.807, 2.05) is 12.1 Å². The molecule has 0 aromatic heterocycles. The van der Waals surface area contributed by atoms with Gasteiger partial charge >= 0.3 is 0 Å². The molecule has 1 unspecified atom stereocenters. The van der Waals surface area contributed by atoms with E-state index in [1.165, 1.54) is 6.07 Å². The van der Waals surface area contributed by atoms with Crippen LogP contribution in [0, 0.1) is 5.82 Å². The van der Waals surface area contributed by atoms with E-state index < -0.39 is 6.04 Å². The van der Waals surface area contributed by atoms with Gasteiger partial charge in [-0.1, -0.05) is 55.6 Å². The van der Waals surface area contributed by atoms with Crippen molar-refractivity contribution in [3.8, 4) is 0 Å². The van der Waals surface area contributed by atoms with Gasteiger partial charge in [0.1, 0.15) is 5.82 Å². The minimum atomic E-state index is -0.450. The Labute approximate surface area is 133 Å². The minimum absolute atomic E-state index is 0.310. The zero-order valence-electron chi connectivity index (χ0n) is 9.84. The molecule has 0 radical (unpaired) electrons. The van der Waals surface area contributed by atoms with Crippen LogP contribution in [-0.2, 0) is 6.42 Å². The molecule has 0 aliphatic heterocycles. The summed E-state index contributed by atoms with van der Waals surface area (Å²) in [6.45, 7) is 0. The SMILES string of the molecule is NC(Cc1ccc(Br)cc1Cl)c1c(F)cccc1Br. The molecule has 1 nitrogen and oxygen atoms in total. The van der Waals surface area contributed by atoms with Gasteiger partial charge in [0.15, 0.2) is 0 Å². The summed E-state index contributed by atoms with van der Waals surface area (Å²) in [7, 11) is 0. The Morgan fingerprint density at radius 2 is 1.95 bits per heavy atom. The van der Waals surface area contributed by atoms with Gasteiger partial charge in [-0.05, 0) is 36.2 Å². The number of nitrogens with two attached hydrogens (primary N) is 1. The predicted octanol–water partition coefficient (Wildman–Crippen LogP) is 5.25. The van der Waals surface area contributed by atoms with Crippen LogP contribution >= 0.6 is 43.5 Å². The summed E-state index contributed by atoms with van der Waals surface area (Å²) < 4.78 is 15.4. The zero-order chi connectivity index (χ0) is 14.0. The summed E-state index contributed by atoms with van der Waals surface area (Å²) in [6.07, 6.45) is 0.478. The Morgan fingerprint density at radius 3 is 2.58 bits per heavy atom. The average molecular weight is 408 g/mol. The summed E-state index contributed by atoms with van der Waals surface area (Å²) in [4.78, 5) is 0. The zero-order valence-corrected chi connectivity index (χ0v) is 13.8. The maximum absolute atomic E-state index is 13.8. The lowest BCUT2D eigenvalue weighted by Crippen LogP contribution is -2.16. The van der Waals surface area contributed by atoms with Gasteiger partial charge in [0, 0.05) is 25.6 Å². The van der Waals surface area contributed by atoms with E-state index in [-0.39, 0.29) is 5.82 Å². The summed E-state index contributed by atoms with van der Waals surface area (Å²) in [5.74, 6) is -0.310. The molecule has 0 bridgehead atoms. The van der Waals surface area contributed by atoms with Crippen molar-refractivity contribution in [3.63, 3.8) is 0 Å². The molecule has 5 heteroatoms. The van der Waals surface area contributed by atoms with E-state index in [2.05, 4.69) is 31.9 Å². The first kappa shape index (κ1) is 15.0.